The van der Waals surface area contributed by atoms with Gasteiger partial charge in [-0.1, -0.05) is 25.0 Å². The van der Waals surface area contributed by atoms with Crippen molar-refractivity contribution in [2.75, 3.05) is 46.2 Å². The molecule has 1 saturated heterocycles. The largest absolute Gasteiger partial charge is 0.490 e. The molecule has 2 heterocycles. The quantitative estimate of drug-likeness (QED) is 0.505. The Morgan fingerprint density at radius 2 is 1.85 bits per heavy atom. The minimum absolute atomic E-state index is 0.102. The summed E-state index contributed by atoms with van der Waals surface area (Å²) in [6.07, 6.45) is 9.68. The molecule has 1 N–H and O–H groups in total. The van der Waals surface area contributed by atoms with Gasteiger partial charge >= 0.3 is 0 Å². The van der Waals surface area contributed by atoms with Crippen molar-refractivity contribution < 1.29 is 14.3 Å². The highest BCUT2D eigenvalue weighted by molar-refractivity contribution is 8.00. The first-order valence-electron chi connectivity index (χ1n) is 12.3. The topological polar surface area (TPSA) is 76.6 Å². The lowest BCUT2D eigenvalue weighted by molar-refractivity contribution is -0.118. The van der Waals surface area contributed by atoms with Crippen LogP contribution in [0.15, 0.2) is 35.4 Å². The molecule has 4 rings (SSSR count). The van der Waals surface area contributed by atoms with Crippen LogP contribution in [0, 0.1) is 11.8 Å². The van der Waals surface area contributed by atoms with E-state index in [0.29, 0.717) is 29.1 Å². The number of carbonyl (C=O) groups is 1. The van der Waals surface area contributed by atoms with Crippen LogP contribution in [-0.2, 0) is 4.79 Å². The van der Waals surface area contributed by atoms with Gasteiger partial charge in [-0.25, -0.2) is 4.98 Å². The standard InChI is InChI=1S/C26H36N4O3S/c1-32-23-15-28-25(29-26(23)33-2)21-9-11-22(12-10-21)34-18-24(31)27-14-20-8-5-13-30(17-20)16-19-6-3-4-7-19/h9-12,15,19-20H,3-8,13-14,16-18H2,1-2H3,(H,27,31). The predicted molar refractivity (Wildman–Crippen MR) is 135 cm³/mol. The van der Waals surface area contributed by atoms with Crippen molar-refractivity contribution >= 4 is 17.7 Å². The number of hydrogen-bond donors (Lipinski definition) is 1. The number of nitrogens with zero attached hydrogens (tertiary/aromatic N) is 3. The number of nitrogens with one attached hydrogen (secondary N) is 1. The molecule has 7 nitrogen and oxygen atoms in total. The molecule has 0 spiro atoms. The van der Waals surface area contributed by atoms with E-state index in [2.05, 4.69) is 20.2 Å². The van der Waals surface area contributed by atoms with E-state index >= 15 is 0 Å². The smallest absolute Gasteiger partial charge is 0.260 e. The van der Waals surface area contributed by atoms with Crippen molar-refractivity contribution in [1.29, 1.82) is 0 Å². The second kappa shape index (κ2) is 12.4. The van der Waals surface area contributed by atoms with Gasteiger partial charge in [0.25, 0.3) is 5.88 Å². The number of rotatable bonds is 10. The number of piperidine rings is 1. The Bertz CT molecular complexity index is 934. The van der Waals surface area contributed by atoms with E-state index in [1.807, 2.05) is 24.3 Å². The maximum Gasteiger partial charge on any atom is 0.260 e. The molecule has 2 fully saturated rings. The average Bonchev–Trinajstić information content (AvgIpc) is 3.39. The molecule has 1 aromatic heterocycles. The van der Waals surface area contributed by atoms with Crippen LogP contribution >= 0.6 is 11.8 Å². The maximum absolute atomic E-state index is 12.4. The van der Waals surface area contributed by atoms with Gasteiger partial charge in [-0.15, -0.1) is 11.8 Å². The molecule has 0 bridgehead atoms. The van der Waals surface area contributed by atoms with Crippen molar-refractivity contribution in [3.05, 3.63) is 30.5 Å². The molecule has 8 heteroatoms. The predicted octanol–water partition coefficient (Wildman–Crippen LogP) is 4.27. The Hall–Kier alpha value is -2.32. The van der Waals surface area contributed by atoms with E-state index < -0.39 is 0 Å². The molecule has 184 valence electrons. The fourth-order valence-corrected chi connectivity index (χ4v) is 5.71. The number of amides is 1. The number of hydrogen-bond acceptors (Lipinski definition) is 7. The zero-order chi connectivity index (χ0) is 23.8. The number of ether oxygens (including phenoxy) is 2. The van der Waals surface area contributed by atoms with E-state index in [4.69, 9.17) is 9.47 Å². The molecule has 34 heavy (non-hydrogen) atoms. The van der Waals surface area contributed by atoms with Crippen LogP contribution in [0.1, 0.15) is 38.5 Å². The van der Waals surface area contributed by atoms with Gasteiger partial charge in [0, 0.05) is 30.1 Å². The lowest BCUT2D eigenvalue weighted by atomic mass is 9.96. The third-order valence-electron chi connectivity index (χ3n) is 6.80. The van der Waals surface area contributed by atoms with Gasteiger partial charge in [0.1, 0.15) is 0 Å². The SMILES string of the molecule is COc1cnc(-c2ccc(SCC(=O)NCC3CCCN(CC4CCCC4)C3)cc2)nc1OC. The average molecular weight is 485 g/mol. The molecule has 1 aromatic carbocycles. The molecule has 1 aliphatic heterocycles. The van der Waals surface area contributed by atoms with E-state index in [9.17, 15) is 4.79 Å². The number of methoxy groups -OCH3 is 2. The zero-order valence-electron chi connectivity index (χ0n) is 20.3. The van der Waals surface area contributed by atoms with Crippen LogP contribution in [0.25, 0.3) is 11.4 Å². The molecule has 0 radical (unpaired) electrons. The summed E-state index contributed by atoms with van der Waals surface area (Å²) in [5.41, 5.74) is 0.884. The van der Waals surface area contributed by atoms with Gasteiger partial charge in [-0.05, 0) is 56.2 Å². The fourth-order valence-electron chi connectivity index (χ4n) is 4.98. The number of likely N-dealkylation sites (tertiary alicyclic amines) is 1. The summed E-state index contributed by atoms with van der Waals surface area (Å²) >= 11 is 1.55. The van der Waals surface area contributed by atoms with Crippen LogP contribution in [0.4, 0.5) is 0 Å². The highest BCUT2D eigenvalue weighted by Gasteiger charge is 2.24. The summed E-state index contributed by atoms with van der Waals surface area (Å²) in [7, 11) is 3.12. The molecule has 1 saturated carbocycles. The molecule has 2 aliphatic rings. The Morgan fingerprint density at radius 1 is 1.09 bits per heavy atom. The zero-order valence-corrected chi connectivity index (χ0v) is 21.1. The van der Waals surface area contributed by atoms with E-state index in [1.54, 1.807) is 32.2 Å². The van der Waals surface area contributed by atoms with Crippen molar-refractivity contribution in [2.24, 2.45) is 11.8 Å². The molecule has 1 atom stereocenters. The van der Waals surface area contributed by atoms with Gasteiger partial charge in [-0.3, -0.25) is 4.79 Å². The lowest BCUT2D eigenvalue weighted by Crippen LogP contribution is -2.42. The van der Waals surface area contributed by atoms with Crippen molar-refractivity contribution in [2.45, 2.75) is 43.4 Å². The minimum Gasteiger partial charge on any atom is -0.490 e. The lowest BCUT2D eigenvalue weighted by Gasteiger charge is -2.34. The third kappa shape index (κ3) is 6.85. The van der Waals surface area contributed by atoms with Crippen molar-refractivity contribution in [1.82, 2.24) is 20.2 Å². The monoisotopic (exact) mass is 484 g/mol. The summed E-state index contributed by atoms with van der Waals surface area (Å²) in [6.45, 7) is 4.39. The highest BCUT2D eigenvalue weighted by Crippen LogP contribution is 2.29. The number of thioether (sulfide) groups is 1. The number of aromatic nitrogens is 2. The fraction of sp³-hybridized carbons (Fsp3) is 0.577. The first kappa shape index (κ1) is 24.8. The van der Waals surface area contributed by atoms with E-state index in [1.165, 1.54) is 51.6 Å². The first-order valence-corrected chi connectivity index (χ1v) is 13.3. The van der Waals surface area contributed by atoms with Gasteiger partial charge in [0.15, 0.2) is 11.6 Å². The summed E-state index contributed by atoms with van der Waals surface area (Å²) in [6, 6.07) is 7.91. The minimum atomic E-state index is 0.102. The Kier molecular flexibility index (Phi) is 9.04. The van der Waals surface area contributed by atoms with Gasteiger partial charge in [-0.2, -0.15) is 4.98 Å². The van der Waals surface area contributed by atoms with Crippen molar-refractivity contribution in [3.63, 3.8) is 0 Å². The normalized spacial score (nSPS) is 19.2. The Morgan fingerprint density at radius 3 is 2.59 bits per heavy atom. The van der Waals surface area contributed by atoms with E-state index in [-0.39, 0.29) is 5.91 Å². The van der Waals surface area contributed by atoms with Crippen LogP contribution < -0.4 is 14.8 Å². The highest BCUT2D eigenvalue weighted by atomic mass is 32.2. The summed E-state index contributed by atoms with van der Waals surface area (Å²) < 4.78 is 10.5. The molecular formula is C26H36N4O3S. The molecule has 1 aliphatic carbocycles. The van der Waals surface area contributed by atoms with Gasteiger partial charge < -0.3 is 19.7 Å². The maximum atomic E-state index is 12.4. The van der Waals surface area contributed by atoms with Crippen LogP contribution in [0.5, 0.6) is 11.6 Å². The first-order chi connectivity index (χ1) is 16.6. The Labute approximate surface area is 207 Å². The molecule has 2 aromatic rings. The second-order valence-electron chi connectivity index (χ2n) is 9.31. The Balaban J connectivity index is 1.20. The summed E-state index contributed by atoms with van der Waals surface area (Å²) in [5.74, 6) is 3.47. The van der Waals surface area contributed by atoms with E-state index in [0.717, 1.165) is 29.5 Å². The second-order valence-corrected chi connectivity index (χ2v) is 10.4. The molecule has 1 unspecified atom stereocenters. The van der Waals surface area contributed by atoms with Crippen LogP contribution in [0.3, 0.4) is 0 Å². The van der Waals surface area contributed by atoms with Crippen LogP contribution in [0.2, 0.25) is 0 Å². The number of benzene rings is 1. The van der Waals surface area contributed by atoms with Crippen molar-refractivity contribution in [3.8, 4) is 23.0 Å². The van der Waals surface area contributed by atoms with Gasteiger partial charge in [0.2, 0.25) is 5.91 Å². The summed E-state index contributed by atoms with van der Waals surface area (Å²) in [5, 5.41) is 3.17. The molecule has 1 amide bonds. The summed E-state index contributed by atoms with van der Waals surface area (Å²) in [4.78, 5) is 24.9. The molecular weight excluding hydrogens is 448 g/mol. The van der Waals surface area contributed by atoms with Crippen LogP contribution in [-0.4, -0.2) is 66.9 Å². The number of carbonyl (C=O) groups excluding carboxylic acids is 1. The third-order valence-corrected chi connectivity index (χ3v) is 7.81. The van der Waals surface area contributed by atoms with Gasteiger partial charge in [0.05, 0.1) is 26.2 Å².